The van der Waals surface area contributed by atoms with Crippen molar-refractivity contribution < 1.29 is 22.4 Å². The Bertz CT molecular complexity index is 1210. The number of anilines is 1. The molecule has 0 fully saturated rings. The van der Waals surface area contributed by atoms with Crippen LogP contribution in [-0.4, -0.2) is 19.1 Å². The highest BCUT2D eigenvalue weighted by Crippen LogP contribution is 2.38. The van der Waals surface area contributed by atoms with Gasteiger partial charge in [0.2, 0.25) is 0 Å². The van der Waals surface area contributed by atoms with Crippen molar-refractivity contribution in [3.05, 3.63) is 105 Å². The largest absolute Gasteiger partial charge is 0.399 e. The number of carbonyl (C=O) groups excluding carboxylic acids is 1. The number of aryl methyl sites for hydroxylation is 1. The van der Waals surface area contributed by atoms with Crippen molar-refractivity contribution in [3.8, 4) is 0 Å². The average molecular weight is 511 g/mol. The molecule has 1 N–H and O–H groups in total. The van der Waals surface area contributed by atoms with Gasteiger partial charge in [-0.1, -0.05) is 59.6 Å². The number of hydrazine groups is 1. The van der Waals surface area contributed by atoms with Crippen LogP contribution in [0, 0.1) is 12.7 Å². The average Bonchev–Trinajstić information content (AvgIpc) is 2.72. The molecule has 34 heavy (non-hydrogen) atoms. The van der Waals surface area contributed by atoms with Crippen LogP contribution in [0.15, 0.2) is 66.7 Å². The molecule has 9 heteroatoms. The van der Waals surface area contributed by atoms with Gasteiger partial charge in [0.25, 0.3) is 5.91 Å². The number of alkyl halides is 3. The van der Waals surface area contributed by atoms with Crippen LogP contribution in [0.4, 0.5) is 23.2 Å². The zero-order chi connectivity index (χ0) is 25.0. The molecule has 1 amide bonds. The molecule has 1 atom stereocenters. The highest BCUT2D eigenvalue weighted by molar-refractivity contribution is 6.34. The number of nitrogens with one attached hydrogen (secondary N) is 1. The van der Waals surface area contributed by atoms with E-state index in [0.717, 1.165) is 6.08 Å². The van der Waals surface area contributed by atoms with Crippen LogP contribution >= 0.6 is 23.2 Å². The molecule has 0 aliphatic heterocycles. The predicted molar refractivity (Wildman–Crippen MR) is 128 cm³/mol. The lowest BCUT2D eigenvalue weighted by atomic mass is 9.96. The molecule has 0 radical (unpaired) electrons. The van der Waals surface area contributed by atoms with Crippen molar-refractivity contribution in [2.24, 2.45) is 0 Å². The van der Waals surface area contributed by atoms with Crippen molar-refractivity contribution in [2.75, 3.05) is 12.1 Å². The minimum Gasteiger partial charge on any atom is -0.285 e. The Hall–Kier alpha value is -3.03. The minimum atomic E-state index is -4.56. The van der Waals surface area contributed by atoms with Crippen LogP contribution in [-0.2, 0) is 0 Å². The lowest BCUT2D eigenvalue weighted by Gasteiger charge is -2.21. The first-order chi connectivity index (χ1) is 16.0. The van der Waals surface area contributed by atoms with E-state index in [1.165, 1.54) is 66.7 Å². The minimum absolute atomic E-state index is 0.0786. The van der Waals surface area contributed by atoms with Crippen molar-refractivity contribution >= 4 is 40.9 Å². The van der Waals surface area contributed by atoms with Gasteiger partial charge in [-0.05, 0) is 60.0 Å². The number of carbonyl (C=O) groups is 1. The number of amides is 1. The Morgan fingerprint density at radius 3 is 2.26 bits per heavy atom. The molecule has 1 unspecified atom stereocenters. The van der Waals surface area contributed by atoms with Crippen LogP contribution in [0.1, 0.15) is 33.0 Å². The molecular formula is C25H20Cl2F4N2O. The molecule has 3 aromatic carbocycles. The number of benzene rings is 3. The van der Waals surface area contributed by atoms with Gasteiger partial charge in [-0.2, -0.15) is 13.2 Å². The lowest BCUT2D eigenvalue weighted by molar-refractivity contribution is -0.139. The van der Waals surface area contributed by atoms with Crippen molar-refractivity contribution in [2.45, 2.75) is 19.0 Å². The van der Waals surface area contributed by atoms with E-state index in [1.807, 2.05) is 0 Å². The summed E-state index contributed by atoms with van der Waals surface area (Å²) in [6.07, 6.45) is -2.22. The first-order valence-corrected chi connectivity index (χ1v) is 10.8. The highest BCUT2D eigenvalue weighted by Gasteiger charge is 2.39. The number of nitrogens with zero attached hydrogens (tertiary/aromatic N) is 1. The molecule has 0 aliphatic carbocycles. The number of para-hydroxylation sites is 1. The summed E-state index contributed by atoms with van der Waals surface area (Å²) >= 11 is 11.7. The molecule has 3 rings (SSSR count). The zero-order valence-corrected chi connectivity index (χ0v) is 19.6. The number of allylic oxidation sites excluding steroid dienone is 1. The van der Waals surface area contributed by atoms with Gasteiger partial charge in [-0.3, -0.25) is 15.2 Å². The third kappa shape index (κ3) is 6.30. The van der Waals surface area contributed by atoms with E-state index >= 15 is 0 Å². The second-order valence-electron chi connectivity index (χ2n) is 7.61. The van der Waals surface area contributed by atoms with Gasteiger partial charge in [0, 0.05) is 22.7 Å². The summed E-state index contributed by atoms with van der Waals surface area (Å²) in [6, 6.07) is 14.4. The Balaban J connectivity index is 1.80. The van der Waals surface area contributed by atoms with Gasteiger partial charge < -0.3 is 0 Å². The van der Waals surface area contributed by atoms with Gasteiger partial charge in [0.05, 0.1) is 11.6 Å². The van der Waals surface area contributed by atoms with Crippen molar-refractivity contribution in [1.82, 2.24) is 5.43 Å². The van der Waals surface area contributed by atoms with Gasteiger partial charge >= 0.3 is 6.18 Å². The zero-order valence-electron chi connectivity index (χ0n) is 18.1. The normalized spacial score (nSPS) is 12.6. The Kier molecular flexibility index (Phi) is 7.89. The highest BCUT2D eigenvalue weighted by atomic mass is 35.5. The molecule has 0 heterocycles. The van der Waals surface area contributed by atoms with Crippen LogP contribution in [0.5, 0.6) is 0 Å². The van der Waals surface area contributed by atoms with Gasteiger partial charge in [0.15, 0.2) is 0 Å². The summed E-state index contributed by atoms with van der Waals surface area (Å²) in [7, 11) is 1.50. The van der Waals surface area contributed by atoms with Gasteiger partial charge in [-0.25, -0.2) is 4.39 Å². The fourth-order valence-electron chi connectivity index (χ4n) is 3.41. The smallest absolute Gasteiger partial charge is 0.285 e. The summed E-state index contributed by atoms with van der Waals surface area (Å²) in [5, 5.41) is 1.48. The molecule has 3 aromatic rings. The SMILES string of the molecule is Cc1cc(/C=C/C(c2cc(Cl)cc(Cl)c2)C(F)(F)F)ccc1C(=O)NN(C)c1ccccc1F. The third-order valence-corrected chi connectivity index (χ3v) is 5.49. The van der Waals surface area contributed by atoms with Crippen LogP contribution < -0.4 is 10.4 Å². The second kappa shape index (κ2) is 10.5. The number of hydrogen-bond acceptors (Lipinski definition) is 2. The molecule has 0 aliphatic rings. The molecule has 0 saturated carbocycles. The van der Waals surface area contributed by atoms with Gasteiger partial charge in [-0.15, -0.1) is 0 Å². The monoisotopic (exact) mass is 510 g/mol. The maximum atomic E-state index is 13.9. The predicted octanol–water partition coefficient (Wildman–Crippen LogP) is 7.58. The fourth-order valence-corrected chi connectivity index (χ4v) is 3.96. The van der Waals surface area contributed by atoms with Crippen LogP contribution in [0.2, 0.25) is 10.0 Å². The Morgan fingerprint density at radius 1 is 1.03 bits per heavy atom. The summed E-state index contributed by atoms with van der Waals surface area (Å²) in [6.45, 7) is 1.66. The summed E-state index contributed by atoms with van der Waals surface area (Å²) in [4.78, 5) is 12.7. The molecule has 0 spiro atoms. The van der Waals surface area contributed by atoms with Crippen molar-refractivity contribution in [3.63, 3.8) is 0 Å². The quantitative estimate of drug-likeness (QED) is 0.273. The second-order valence-corrected chi connectivity index (χ2v) is 8.48. The van der Waals surface area contributed by atoms with E-state index in [4.69, 9.17) is 23.2 Å². The standard InChI is InChI=1S/C25H20Cl2F4N2O/c1-15-11-16(8-10-21(25(29,30)31)17-12-18(26)14-19(27)13-17)7-9-20(15)24(34)32-33(2)23-6-4-3-5-22(23)28/h3-14,21H,1-2H3,(H,32,34)/b10-8+. The van der Waals surface area contributed by atoms with E-state index in [9.17, 15) is 22.4 Å². The van der Waals surface area contributed by atoms with E-state index < -0.39 is 23.8 Å². The van der Waals surface area contributed by atoms with Crippen LogP contribution in [0.3, 0.4) is 0 Å². The van der Waals surface area contributed by atoms with Crippen molar-refractivity contribution in [1.29, 1.82) is 0 Å². The summed E-state index contributed by atoms with van der Waals surface area (Å²) < 4.78 is 55.0. The fraction of sp³-hybridized carbons (Fsp3) is 0.160. The first kappa shape index (κ1) is 25.6. The van der Waals surface area contributed by atoms with E-state index in [1.54, 1.807) is 19.1 Å². The van der Waals surface area contributed by atoms with E-state index in [2.05, 4.69) is 5.43 Å². The Morgan fingerprint density at radius 2 is 1.68 bits per heavy atom. The molecule has 0 bridgehead atoms. The topological polar surface area (TPSA) is 32.3 Å². The first-order valence-electron chi connectivity index (χ1n) is 10.1. The molecule has 178 valence electrons. The molecule has 3 nitrogen and oxygen atoms in total. The number of halogens is 6. The molecule has 0 aromatic heterocycles. The van der Waals surface area contributed by atoms with E-state index in [-0.39, 0.29) is 21.3 Å². The summed E-state index contributed by atoms with van der Waals surface area (Å²) in [5.74, 6) is -2.90. The summed E-state index contributed by atoms with van der Waals surface area (Å²) in [5.41, 5.74) is 4.00. The maximum absolute atomic E-state index is 13.9. The Labute approximate surface area is 204 Å². The number of rotatable bonds is 6. The number of hydrogen-bond donors (Lipinski definition) is 1. The lowest BCUT2D eigenvalue weighted by Crippen LogP contribution is -2.40. The van der Waals surface area contributed by atoms with E-state index in [0.29, 0.717) is 16.7 Å². The van der Waals surface area contributed by atoms with Crippen LogP contribution in [0.25, 0.3) is 6.08 Å². The van der Waals surface area contributed by atoms with Gasteiger partial charge in [0.1, 0.15) is 5.82 Å². The molecular weight excluding hydrogens is 491 g/mol. The maximum Gasteiger partial charge on any atom is 0.399 e. The molecule has 0 saturated heterocycles. The third-order valence-electron chi connectivity index (χ3n) is 5.06.